The maximum absolute atomic E-state index is 12.8. The Kier molecular flexibility index (Phi) is 4.78. The molecule has 136 valence electrons. The molecule has 3 heterocycles. The van der Waals surface area contributed by atoms with Gasteiger partial charge in [0.15, 0.2) is 6.29 Å². The first-order valence-electron chi connectivity index (χ1n) is 9.09. The van der Waals surface area contributed by atoms with E-state index in [0.717, 1.165) is 45.0 Å². The van der Waals surface area contributed by atoms with E-state index in [1.54, 1.807) is 0 Å². The lowest BCUT2D eigenvalue weighted by Crippen LogP contribution is -2.72. The summed E-state index contributed by atoms with van der Waals surface area (Å²) in [5.74, 6) is 0.0926. The van der Waals surface area contributed by atoms with Gasteiger partial charge in [0.1, 0.15) is 6.10 Å². The zero-order chi connectivity index (χ0) is 17.3. The molecule has 3 aliphatic heterocycles. The lowest BCUT2D eigenvalue weighted by atomic mass is 9.88. The number of carbonyl (C=O) groups is 1. The summed E-state index contributed by atoms with van der Waals surface area (Å²) in [6.07, 6.45) is -0.239. The van der Waals surface area contributed by atoms with Crippen molar-refractivity contribution in [3.8, 4) is 0 Å². The van der Waals surface area contributed by atoms with Crippen LogP contribution in [0.25, 0.3) is 0 Å². The normalized spacial score (nSPS) is 29.9. The molecule has 0 radical (unpaired) electrons. The molecule has 0 spiro atoms. The van der Waals surface area contributed by atoms with Crippen molar-refractivity contribution < 1.29 is 19.0 Å². The molecule has 0 saturated carbocycles. The average molecular weight is 346 g/mol. The third-order valence-electron chi connectivity index (χ3n) is 5.43. The highest BCUT2D eigenvalue weighted by atomic mass is 16.7. The van der Waals surface area contributed by atoms with Crippen molar-refractivity contribution in [1.29, 1.82) is 0 Å². The van der Waals surface area contributed by atoms with E-state index in [-0.39, 0.29) is 11.4 Å². The van der Waals surface area contributed by atoms with Crippen LogP contribution >= 0.6 is 0 Å². The Morgan fingerprint density at radius 2 is 1.84 bits per heavy atom. The molecule has 0 bridgehead atoms. The minimum atomic E-state index is -0.448. The summed E-state index contributed by atoms with van der Waals surface area (Å²) in [6.45, 7) is 7.77. The third-order valence-corrected chi connectivity index (χ3v) is 5.43. The van der Waals surface area contributed by atoms with Gasteiger partial charge < -0.3 is 19.1 Å². The highest BCUT2D eigenvalue weighted by molar-refractivity contribution is 5.82. The van der Waals surface area contributed by atoms with E-state index in [9.17, 15) is 4.79 Å². The van der Waals surface area contributed by atoms with Gasteiger partial charge >= 0.3 is 0 Å². The van der Waals surface area contributed by atoms with E-state index in [4.69, 9.17) is 14.2 Å². The van der Waals surface area contributed by atoms with Crippen molar-refractivity contribution in [1.82, 2.24) is 9.80 Å². The topological polar surface area (TPSA) is 51.2 Å². The van der Waals surface area contributed by atoms with Crippen molar-refractivity contribution in [2.24, 2.45) is 0 Å². The minimum Gasteiger partial charge on any atom is -0.379 e. The summed E-state index contributed by atoms with van der Waals surface area (Å²) in [5, 5.41) is 0. The number of hydrogen-bond donors (Lipinski definition) is 0. The van der Waals surface area contributed by atoms with E-state index < -0.39 is 12.4 Å². The SMILES string of the molecule is CC1(N2CCOCC2)CN(C(=O)C2CCOC(c3ccccc3)O2)C1. The largest absolute Gasteiger partial charge is 0.379 e. The van der Waals surface area contributed by atoms with E-state index in [0.29, 0.717) is 13.0 Å². The first-order chi connectivity index (χ1) is 12.2. The van der Waals surface area contributed by atoms with Gasteiger partial charge in [0, 0.05) is 38.2 Å². The van der Waals surface area contributed by atoms with Gasteiger partial charge in [-0.3, -0.25) is 9.69 Å². The van der Waals surface area contributed by atoms with Gasteiger partial charge in [-0.2, -0.15) is 0 Å². The predicted molar refractivity (Wildman–Crippen MR) is 92.0 cm³/mol. The molecule has 1 amide bonds. The van der Waals surface area contributed by atoms with Crippen LogP contribution < -0.4 is 0 Å². The van der Waals surface area contributed by atoms with Crippen LogP contribution in [0.4, 0.5) is 0 Å². The van der Waals surface area contributed by atoms with Gasteiger partial charge in [-0.05, 0) is 6.92 Å². The number of carbonyl (C=O) groups excluding carboxylic acids is 1. The Morgan fingerprint density at radius 1 is 1.12 bits per heavy atom. The second-order valence-corrected chi connectivity index (χ2v) is 7.32. The minimum absolute atomic E-state index is 0.0729. The Hall–Kier alpha value is -1.47. The van der Waals surface area contributed by atoms with Crippen LogP contribution in [-0.4, -0.2) is 73.3 Å². The molecule has 0 N–H and O–H groups in total. The fourth-order valence-corrected chi connectivity index (χ4v) is 3.94. The van der Waals surface area contributed by atoms with Gasteiger partial charge in [-0.15, -0.1) is 0 Å². The molecule has 4 rings (SSSR count). The van der Waals surface area contributed by atoms with Crippen molar-refractivity contribution in [2.45, 2.75) is 31.3 Å². The fraction of sp³-hybridized carbons (Fsp3) is 0.632. The quantitative estimate of drug-likeness (QED) is 0.829. The monoisotopic (exact) mass is 346 g/mol. The molecule has 3 fully saturated rings. The molecule has 0 aliphatic carbocycles. The number of hydrogen-bond acceptors (Lipinski definition) is 5. The number of nitrogens with zero attached hydrogens (tertiary/aromatic N) is 2. The van der Waals surface area contributed by atoms with Gasteiger partial charge in [0.25, 0.3) is 5.91 Å². The maximum atomic E-state index is 12.8. The molecule has 1 aromatic rings. The van der Waals surface area contributed by atoms with Crippen LogP contribution in [0.15, 0.2) is 30.3 Å². The molecule has 0 aromatic heterocycles. The van der Waals surface area contributed by atoms with Gasteiger partial charge in [0.2, 0.25) is 0 Å². The van der Waals surface area contributed by atoms with Gasteiger partial charge in [0.05, 0.1) is 25.4 Å². The summed E-state index contributed by atoms with van der Waals surface area (Å²) in [7, 11) is 0. The lowest BCUT2D eigenvalue weighted by Gasteiger charge is -2.55. The Labute approximate surface area is 148 Å². The lowest BCUT2D eigenvalue weighted by molar-refractivity contribution is -0.225. The maximum Gasteiger partial charge on any atom is 0.252 e. The number of rotatable bonds is 3. The molecule has 6 nitrogen and oxygen atoms in total. The molecule has 3 saturated heterocycles. The molecule has 3 aliphatic rings. The Bertz CT molecular complexity index is 597. The van der Waals surface area contributed by atoms with Crippen LogP contribution in [0.2, 0.25) is 0 Å². The molecular weight excluding hydrogens is 320 g/mol. The molecule has 1 aromatic carbocycles. The van der Waals surface area contributed by atoms with Crippen LogP contribution in [0.3, 0.4) is 0 Å². The standard InChI is InChI=1S/C19H26N2O4/c1-19(21-8-11-23-12-9-21)13-20(14-19)17(22)16-7-10-24-18(25-16)15-5-3-2-4-6-15/h2-6,16,18H,7-14H2,1H3. The fourth-order valence-electron chi connectivity index (χ4n) is 3.94. The van der Waals surface area contributed by atoms with Crippen LogP contribution in [-0.2, 0) is 19.0 Å². The van der Waals surface area contributed by atoms with Crippen LogP contribution in [0.5, 0.6) is 0 Å². The number of likely N-dealkylation sites (tertiary alicyclic amines) is 1. The molecule has 2 atom stereocenters. The summed E-state index contributed by atoms with van der Waals surface area (Å²) < 4.78 is 17.1. The Morgan fingerprint density at radius 3 is 2.56 bits per heavy atom. The molecule has 2 unspecified atom stereocenters. The third kappa shape index (κ3) is 3.44. The highest BCUT2D eigenvalue weighted by Crippen LogP contribution is 2.32. The summed E-state index contributed by atoms with van der Waals surface area (Å²) in [5.41, 5.74) is 1.03. The Balaban J connectivity index is 1.34. The second-order valence-electron chi connectivity index (χ2n) is 7.32. The summed E-state index contributed by atoms with van der Waals surface area (Å²) in [4.78, 5) is 17.2. The number of benzene rings is 1. The van der Waals surface area contributed by atoms with Crippen LogP contribution in [0, 0.1) is 0 Å². The van der Waals surface area contributed by atoms with Gasteiger partial charge in [-0.25, -0.2) is 0 Å². The van der Waals surface area contributed by atoms with E-state index >= 15 is 0 Å². The first kappa shape index (κ1) is 17.0. The number of ether oxygens (including phenoxy) is 3. The average Bonchev–Trinajstić information content (AvgIpc) is 2.66. The van der Waals surface area contributed by atoms with Crippen molar-refractivity contribution >= 4 is 5.91 Å². The zero-order valence-corrected chi connectivity index (χ0v) is 14.7. The second kappa shape index (κ2) is 7.03. The zero-order valence-electron chi connectivity index (χ0n) is 14.7. The predicted octanol–water partition coefficient (Wildman–Crippen LogP) is 1.42. The molecular formula is C19H26N2O4. The summed E-state index contributed by atoms with van der Waals surface area (Å²) in [6, 6.07) is 9.81. The van der Waals surface area contributed by atoms with Crippen LogP contribution in [0.1, 0.15) is 25.2 Å². The highest BCUT2D eigenvalue weighted by Gasteiger charge is 2.47. The number of amides is 1. The smallest absolute Gasteiger partial charge is 0.252 e. The van der Waals surface area contributed by atoms with Crippen molar-refractivity contribution in [3.05, 3.63) is 35.9 Å². The molecule has 25 heavy (non-hydrogen) atoms. The number of morpholine rings is 1. The van der Waals surface area contributed by atoms with E-state index in [1.165, 1.54) is 0 Å². The molecule has 6 heteroatoms. The van der Waals surface area contributed by atoms with E-state index in [1.807, 2.05) is 35.2 Å². The van der Waals surface area contributed by atoms with Crippen molar-refractivity contribution in [3.63, 3.8) is 0 Å². The van der Waals surface area contributed by atoms with E-state index in [2.05, 4.69) is 11.8 Å². The first-order valence-corrected chi connectivity index (χ1v) is 9.09. The van der Waals surface area contributed by atoms with Crippen molar-refractivity contribution in [2.75, 3.05) is 46.0 Å². The van der Waals surface area contributed by atoms with Gasteiger partial charge in [-0.1, -0.05) is 30.3 Å². The summed E-state index contributed by atoms with van der Waals surface area (Å²) >= 11 is 0.